The minimum atomic E-state index is 0.521. The first-order chi connectivity index (χ1) is 6.74. The molecule has 0 saturated carbocycles. The SMILES string of the molecule is O=C/C=C/C=C/c1ccc(Cl)c(Cl)c1. The number of rotatable bonds is 3. The van der Waals surface area contributed by atoms with E-state index in [0.717, 1.165) is 11.8 Å². The number of allylic oxidation sites excluding steroid dienone is 3. The van der Waals surface area contributed by atoms with E-state index in [1.54, 1.807) is 24.3 Å². The average Bonchev–Trinajstić information content (AvgIpc) is 2.18. The summed E-state index contributed by atoms with van der Waals surface area (Å²) in [6.45, 7) is 0. The van der Waals surface area contributed by atoms with E-state index in [9.17, 15) is 4.79 Å². The molecule has 0 amide bonds. The standard InChI is InChI=1S/C11H8Cl2O/c12-10-6-5-9(8-11(10)13)4-2-1-3-7-14/h1-8H/b3-1+,4-2+. The summed E-state index contributed by atoms with van der Waals surface area (Å²) in [5.41, 5.74) is 0.940. The van der Waals surface area contributed by atoms with Gasteiger partial charge in [0.15, 0.2) is 0 Å². The molecule has 1 aromatic carbocycles. The van der Waals surface area contributed by atoms with Gasteiger partial charge in [0.2, 0.25) is 0 Å². The van der Waals surface area contributed by atoms with Crippen molar-refractivity contribution in [1.29, 1.82) is 0 Å². The summed E-state index contributed by atoms with van der Waals surface area (Å²) in [5, 5.41) is 1.06. The number of halogens is 2. The highest BCUT2D eigenvalue weighted by Crippen LogP contribution is 2.22. The van der Waals surface area contributed by atoms with Crippen LogP contribution in [0.4, 0.5) is 0 Å². The van der Waals surface area contributed by atoms with Crippen molar-refractivity contribution in [3.05, 3.63) is 52.0 Å². The summed E-state index contributed by atoms with van der Waals surface area (Å²) >= 11 is 11.6. The molecule has 0 bridgehead atoms. The zero-order valence-electron chi connectivity index (χ0n) is 7.28. The van der Waals surface area contributed by atoms with Crippen molar-refractivity contribution in [3.63, 3.8) is 0 Å². The van der Waals surface area contributed by atoms with Crippen molar-refractivity contribution in [3.8, 4) is 0 Å². The van der Waals surface area contributed by atoms with E-state index >= 15 is 0 Å². The van der Waals surface area contributed by atoms with Gasteiger partial charge in [-0.25, -0.2) is 0 Å². The fourth-order valence-corrected chi connectivity index (χ4v) is 1.20. The summed E-state index contributed by atoms with van der Waals surface area (Å²) < 4.78 is 0. The number of benzene rings is 1. The predicted octanol–water partition coefficient (Wildman–Crippen LogP) is 3.76. The van der Waals surface area contributed by atoms with Crippen LogP contribution in [0.25, 0.3) is 6.08 Å². The van der Waals surface area contributed by atoms with Gasteiger partial charge in [-0.2, -0.15) is 0 Å². The maximum Gasteiger partial charge on any atom is 0.142 e. The lowest BCUT2D eigenvalue weighted by molar-refractivity contribution is -0.104. The molecule has 0 heterocycles. The van der Waals surface area contributed by atoms with Crippen LogP contribution in [0.3, 0.4) is 0 Å². The van der Waals surface area contributed by atoms with Gasteiger partial charge in [-0.15, -0.1) is 0 Å². The van der Waals surface area contributed by atoms with Crippen LogP contribution < -0.4 is 0 Å². The minimum absolute atomic E-state index is 0.521. The second-order valence-electron chi connectivity index (χ2n) is 2.55. The van der Waals surface area contributed by atoms with Crippen LogP contribution in [0.5, 0.6) is 0 Å². The van der Waals surface area contributed by atoms with Crippen LogP contribution in [-0.4, -0.2) is 6.29 Å². The zero-order valence-corrected chi connectivity index (χ0v) is 8.79. The van der Waals surface area contributed by atoms with Crippen LogP contribution in [0.15, 0.2) is 36.4 Å². The van der Waals surface area contributed by atoms with Gasteiger partial charge in [0, 0.05) is 0 Å². The molecule has 0 fully saturated rings. The number of aldehydes is 1. The number of carbonyl (C=O) groups excluding carboxylic acids is 1. The van der Waals surface area contributed by atoms with Crippen molar-refractivity contribution in [1.82, 2.24) is 0 Å². The Labute approximate surface area is 92.6 Å². The van der Waals surface area contributed by atoms with Crippen molar-refractivity contribution >= 4 is 35.6 Å². The molecule has 0 aliphatic rings. The molecule has 1 rings (SSSR count). The fourth-order valence-electron chi connectivity index (χ4n) is 0.892. The Bertz CT molecular complexity index is 381. The van der Waals surface area contributed by atoms with Gasteiger partial charge in [0.05, 0.1) is 10.0 Å². The van der Waals surface area contributed by atoms with Gasteiger partial charge < -0.3 is 0 Å². The molecule has 0 aliphatic carbocycles. The van der Waals surface area contributed by atoms with E-state index in [1.807, 2.05) is 12.1 Å². The summed E-state index contributed by atoms with van der Waals surface area (Å²) in [4.78, 5) is 9.96. The molecule has 0 saturated heterocycles. The number of hydrogen-bond acceptors (Lipinski definition) is 1. The van der Waals surface area contributed by atoms with E-state index in [4.69, 9.17) is 23.2 Å². The van der Waals surface area contributed by atoms with Crippen LogP contribution in [0.2, 0.25) is 10.0 Å². The second-order valence-corrected chi connectivity index (χ2v) is 3.37. The molecule has 3 heteroatoms. The maximum atomic E-state index is 9.96. The molecule has 0 N–H and O–H groups in total. The molecule has 0 spiro atoms. The molecule has 0 aromatic heterocycles. The Morgan fingerprint density at radius 3 is 2.43 bits per heavy atom. The first-order valence-corrected chi connectivity index (χ1v) is 4.73. The molecule has 1 nitrogen and oxygen atoms in total. The van der Waals surface area contributed by atoms with Crippen molar-refractivity contribution < 1.29 is 4.79 Å². The van der Waals surface area contributed by atoms with E-state index in [2.05, 4.69) is 0 Å². The molecule has 0 unspecified atom stereocenters. The molecule has 72 valence electrons. The lowest BCUT2D eigenvalue weighted by Gasteiger charge is -1.96. The van der Waals surface area contributed by atoms with E-state index in [0.29, 0.717) is 10.0 Å². The predicted molar refractivity (Wildman–Crippen MR) is 60.7 cm³/mol. The Morgan fingerprint density at radius 1 is 1.00 bits per heavy atom. The Hall–Kier alpha value is -1.05. The highest BCUT2D eigenvalue weighted by Gasteiger charge is 1.95. The van der Waals surface area contributed by atoms with Crippen LogP contribution in [-0.2, 0) is 4.79 Å². The third-order valence-electron chi connectivity index (χ3n) is 1.53. The molecule has 0 atom stereocenters. The first-order valence-electron chi connectivity index (χ1n) is 3.97. The molecular formula is C11H8Cl2O. The highest BCUT2D eigenvalue weighted by atomic mass is 35.5. The van der Waals surface area contributed by atoms with E-state index < -0.39 is 0 Å². The van der Waals surface area contributed by atoms with Gasteiger partial charge in [-0.1, -0.05) is 47.5 Å². The largest absolute Gasteiger partial charge is 0.299 e. The van der Waals surface area contributed by atoms with Crippen molar-refractivity contribution in [2.45, 2.75) is 0 Å². The highest BCUT2D eigenvalue weighted by molar-refractivity contribution is 6.42. The van der Waals surface area contributed by atoms with E-state index in [1.165, 1.54) is 6.08 Å². The maximum absolute atomic E-state index is 9.96. The van der Waals surface area contributed by atoms with Crippen LogP contribution in [0.1, 0.15) is 5.56 Å². The monoisotopic (exact) mass is 226 g/mol. The third kappa shape index (κ3) is 3.36. The third-order valence-corrected chi connectivity index (χ3v) is 2.27. The average molecular weight is 227 g/mol. The summed E-state index contributed by atoms with van der Waals surface area (Å²) in [6.07, 6.45) is 7.37. The van der Waals surface area contributed by atoms with Gasteiger partial charge in [-0.3, -0.25) is 4.79 Å². The van der Waals surface area contributed by atoms with Crippen LogP contribution in [0, 0.1) is 0 Å². The van der Waals surface area contributed by atoms with Crippen molar-refractivity contribution in [2.75, 3.05) is 0 Å². The molecule has 14 heavy (non-hydrogen) atoms. The van der Waals surface area contributed by atoms with Crippen molar-refractivity contribution in [2.24, 2.45) is 0 Å². The molecule has 1 aromatic rings. The minimum Gasteiger partial charge on any atom is -0.299 e. The number of carbonyl (C=O) groups is 1. The van der Waals surface area contributed by atoms with Gasteiger partial charge in [0.25, 0.3) is 0 Å². The Kier molecular flexibility index (Phi) is 4.44. The zero-order chi connectivity index (χ0) is 10.4. The quantitative estimate of drug-likeness (QED) is 0.436. The van der Waals surface area contributed by atoms with Gasteiger partial charge >= 0.3 is 0 Å². The number of hydrogen-bond donors (Lipinski definition) is 0. The summed E-state index contributed by atoms with van der Waals surface area (Å²) in [7, 11) is 0. The smallest absolute Gasteiger partial charge is 0.142 e. The van der Waals surface area contributed by atoms with Crippen LogP contribution >= 0.6 is 23.2 Å². The van der Waals surface area contributed by atoms with Gasteiger partial charge in [0.1, 0.15) is 6.29 Å². The molecule has 0 radical (unpaired) electrons. The Balaban J connectivity index is 2.77. The molecule has 0 aliphatic heterocycles. The molecular weight excluding hydrogens is 219 g/mol. The first kappa shape index (κ1) is 11.0. The van der Waals surface area contributed by atoms with Gasteiger partial charge in [-0.05, 0) is 23.8 Å². The fraction of sp³-hybridized carbons (Fsp3) is 0. The summed E-state index contributed by atoms with van der Waals surface area (Å²) in [5.74, 6) is 0. The van der Waals surface area contributed by atoms with E-state index in [-0.39, 0.29) is 0 Å². The lowest BCUT2D eigenvalue weighted by atomic mass is 10.2. The Morgan fingerprint density at radius 2 is 1.79 bits per heavy atom. The second kappa shape index (κ2) is 5.63. The lowest BCUT2D eigenvalue weighted by Crippen LogP contribution is -1.72. The summed E-state index contributed by atoms with van der Waals surface area (Å²) in [6, 6.07) is 5.33. The topological polar surface area (TPSA) is 17.1 Å². The normalized spacial score (nSPS) is 11.3.